The zero-order valence-corrected chi connectivity index (χ0v) is 16.9. The standard InChI is InChI=1S/C23H23FN2O4/c1-3-13-6-5-7-15-16-12-26-18(21(16)25-17(8-9-24)20(13)15)10-14(11-19(26)27)23(30,4-2)22(28)29/h3,8-11,30H,4-7,12H2,1-2H3,(H,28,29)/b9-8+,13-3+/t23-/m0/s1. The molecular weight excluding hydrogens is 387 g/mol. The number of carboxylic acid groups (broad SMARTS) is 1. The third-order valence-corrected chi connectivity index (χ3v) is 6.23. The fourth-order valence-electron chi connectivity index (χ4n) is 4.59. The van der Waals surface area contributed by atoms with E-state index in [9.17, 15) is 24.2 Å². The maximum absolute atomic E-state index is 13.2. The number of aliphatic hydroxyl groups is 1. The number of rotatable bonds is 4. The summed E-state index contributed by atoms with van der Waals surface area (Å²) in [5.74, 6) is -1.41. The predicted molar refractivity (Wildman–Crippen MR) is 112 cm³/mol. The first-order valence-corrected chi connectivity index (χ1v) is 10.0. The van der Waals surface area contributed by atoms with Gasteiger partial charge in [-0.1, -0.05) is 13.0 Å². The molecule has 0 aromatic carbocycles. The zero-order valence-electron chi connectivity index (χ0n) is 16.9. The Morgan fingerprint density at radius 2 is 2.10 bits per heavy atom. The lowest BCUT2D eigenvalue weighted by Gasteiger charge is -2.23. The third-order valence-electron chi connectivity index (χ3n) is 6.23. The van der Waals surface area contributed by atoms with Crippen molar-refractivity contribution >= 4 is 17.6 Å². The zero-order chi connectivity index (χ0) is 21.6. The Morgan fingerprint density at radius 1 is 1.33 bits per heavy atom. The Labute approximate surface area is 173 Å². The highest BCUT2D eigenvalue weighted by Crippen LogP contribution is 2.42. The van der Waals surface area contributed by atoms with Crippen molar-refractivity contribution in [2.75, 3.05) is 0 Å². The summed E-state index contributed by atoms with van der Waals surface area (Å²) in [5.41, 5.74) is 2.95. The Bertz CT molecular complexity index is 1180. The van der Waals surface area contributed by atoms with Gasteiger partial charge in [0.1, 0.15) is 0 Å². The van der Waals surface area contributed by atoms with Crippen LogP contribution in [-0.2, 0) is 23.4 Å². The number of fused-ring (bicyclic) bond motifs is 5. The van der Waals surface area contributed by atoms with Gasteiger partial charge in [-0.3, -0.25) is 4.79 Å². The van der Waals surface area contributed by atoms with Gasteiger partial charge in [0.05, 0.1) is 30.0 Å². The number of carbonyl (C=O) groups is 1. The molecule has 0 bridgehead atoms. The van der Waals surface area contributed by atoms with Crippen molar-refractivity contribution in [2.45, 2.75) is 51.7 Å². The molecule has 0 unspecified atom stereocenters. The van der Waals surface area contributed by atoms with Crippen molar-refractivity contribution < 1.29 is 19.4 Å². The fourth-order valence-corrected chi connectivity index (χ4v) is 4.59. The quantitative estimate of drug-likeness (QED) is 0.685. The summed E-state index contributed by atoms with van der Waals surface area (Å²) in [6.07, 6.45) is 6.34. The second-order valence-electron chi connectivity index (χ2n) is 7.71. The number of allylic oxidation sites excluding steroid dienone is 2. The van der Waals surface area contributed by atoms with Gasteiger partial charge in [-0.25, -0.2) is 14.2 Å². The summed E-state index contributed by atoms with van der Waals surface area (Å²) in [4.78, 5) is 29.2. The number of pyridine rings is 2. The summed E-state index contributed by atoms with van der Waals surface area (Å²) in [6, 6.07) is 2.70. The van der Waals surface area contributed by atoms with Gasteiger partial charge in [-0.15, -0.1) is 0 Å². The molecular formula is C23H23FN2O4. The molecule has 1 atom stereocenters. The van der Waals surface area contributed by atoms with Crippen molar-refractivity contribution in [1.82, 2.24) is 9.55 Å². The summed E-state index contributed by atoms with van der Waals surface area (Å²) in [6.45, 7) is 3.82. The van der Waals surface area contributed by atoms with Crippen LogP contribution in [0, 0.1) is 0 Å². The van der Waals surface area contributed by atoms with E-state index in [1.807, 2.05) is 13.0 Å². The van der Waals surface area contributed by atoms with Gasteiger partial charge in [0.2, 0.25) is 0 Å². The third kappa shape index (κ3) is 2.84. The van der Waals surface area contributed by atoms with E-state index in [2.05, 4.69) is 4.98 Å². The molecule has 7 heteroatoms. The second-order valence-corrected chi connectivity index (χ2v) is 7.71. The van der Waals surface area contributed by atoms with Crippen LogP contribution in [0.25, 0.3) is 23.0 Å². The fraction of sp³-hybridized carbons (Fsp3) is 0.348. The van der Waals surface area contributed by atoms with Crippen molar-refractivity contribution in [3.05, 3.63) is 62.8 Å². The van der Waals surface area contributed by atoms with E-state index in [4.69, 9.17) is 0 Å². The first-order chi connectivity index (χ1) is 14.3. The van der Waals surface area contributed by atoms with E-state index < -0.39 is 17.1 Å². The number of hydrogen-bond acceptors (Lipinski definition) is 4. The van der Waals surface area contributed by atoms with E-state index in [0.29, 0.717) is 30.0 Å². The van der Waals surface area contributed by atoms with Crippen LogP contribution < -0.4 is 5.56 Å². The van der Waals surface area contributed by atoms with Crippen LogP contribution >= 0.6 is 0 Å². The number of nitrogens with zero attached hydrogens (tertiary/aromatic N) is 2. The van der Waals surface area contributed by atoms with E-state index >= 15 is 0 Å². The predicted octanol–water partition coefficient (Wildman–Crippen LogP) is 3.63. The first-order valence-electron chi connectivity index (χ1n) is 10.0. The monoisotopic (exact) mass is 410 g/mol. The van der Waals surface area contributed by atoms with E-state index in [0.717, 1.165) is 41.5 Å². The number of aromatic nitrogens is 2. The van der Waals surface area contributed by atoms with E-state index in [1.54, 1.807) is 6.92 Å². The lowest BCUT2D eigenvalue weighted by Crippen LogP contribution is -2.36. The second kappa shape index (κ2) is 7.32. The lowest BCUT2D eigenvalue weighted by molar-refractivity contribution is -0.160. The maximum Gasteiger partial charge on any atom is 0.340 e. The molecule has 6 nitrogen and oxygen atoms in total. The number of carboxylic acids is 1. The lowest BCUT2D eigenvalue weighted by atomic mass is 9.83. The molecule has 0 fully saturated rings. The van der Waals surface area contributed by atoms with E-state index in [1.165, 1.54) is 22.8 Å². The van der Waals surface area contributed by atoms with Crippen LogP contribution in [0.3, 0.4) is 0 Å². The summed E-state index contributed by atoms with van der Waals surface area (Å²) < 4.78 is 14.7. The van der Waals surface area contributed by atoms with Crippen molar-refractivity contribution in [3.8, 4) is 11.4 Å². The maximum atomic E-state index is 13.2. The van der Waals surface area contributed by atoms with Gasteiger partial charge in [-0.05, 0) is 55.9 Å². The molecule has 0 spiro atoms. The van der Waals surface area contributed by atoms with Gasteiger partial charge < -0.3 is 14.8 Å². The molecule has 156 valence electrons. The average molecular weight is 410 g/mol. The van der Waals surface area contributed by atoms with Crippen LogP contribution in [0.1, 0.15) is 61.1 Å². The SMILES string of the molecule is C/C=C1\CCCc2c3c(nc(/C=C/F)c21)-c1cc([C@@](O)(CC)C(=O)O)cc(=O)n1C3. The van der Waals surface area contributed by atoms with E-state index in [-0.39, 0.29) is 12.0 Å². The van der Waals surface area contributed by atoms with Crippen LogP contribution in [0.15, 0.2) is 29.3 Å². The van der Waals surface area contributed by atoms with Gasteiger partial charge in [0.25, 0.3) is 5.56 Å². The molecule has 0 radical (unpaired) electrons. The largest absolute Gasteiger partial charge is 0.479 e. The molecule has 1 aliphatic heterocycles. The summed E-state index contributed by atoms with van der Waals surface area (Å²) in [5, 5.41) is 20.2. The summed E-state index contributed by atoms with van der Waals surface area (Å²) >= 11 is 0. The van der Waals surface area contributed by atoms with Crippen LogP contribution in [0.5, 0.6) is 0 Å². The Balaban J connectivity index is 2.01. The highest BCUT2D eigenvalue weighted by molar-refractivity contribution is 5.83. The van der Waals surface area contributed by atoms with Crippen LogP contribution in [0.2, 0.25) is 0 Å². The molecule has 0 saturated heterocycles. The van der Waals surface area contributed by atoms with Gasteiger partial charge in [0, 0.05) is 22.8 Å². The van der Waals surface area contributed by atoms with Crippen molar-refractivity contribution in [2.24, 2.45) is 0 Å². The van der Waals surface area contributed by atoms with Gasteiger partial charge >= 0.3 is 5.97 Å². The average Bonchev–Trinajstić information content (AvgIpc) is 3.12. The minimum Gasteiger partial charge on any atom is -0.479 e. The van der Waals surface area contributed by atoms with Gasteiger partial charge in [-0.2, -0.15) is 0 Å². The molecule has 3 heterocycles. The number of halogens is 1. The molecule has 0 saturated carbocycles. The topological polar surface area (TPSA) is 92.4 Å². The number of aliphatic carboxylic acids is 1. The molecule has 30 heavy (non-hydrogen) atoms. The van der Waals surface area contributed by atoms with Crippen molar-refractivity contribution in [3.63, 3.8) is 0 Å². The Morgan fingerprint density at radius 3 is 2.73 bits per heavy atom. The summed E-state index contributed by atoms with van der Waals surface area (Å²) in [7, 11) is 0. The molecule has 2 N–H and O–H groups in total. The van der Waals surface area contributed by atoms with Crippen LogP contribution in [-0.4, -0.2) is 25.7 Å². The molecule has 2 aliphatic rings. The Kier molecular flexibility index (Phi) is 4.94. The minimum absolute atomic E-state index is 0.0258. The van der Waals surface area contributed by atoms with Crippen LogP contribution in [0.4, 0.5) is 4.39 Å². The smallest absolute Gasteiger partial charge is 0.340 e. The molecule has 4 rings (SSSR count). The van der Waals surface area contributed by atoms with Gasteiger partial charge in [0.15, 0.2) is 5.60 Å². The minimum atomic E-state index is -2.16. The molecule has 1 aliphatic carbocycles. The highest BCUT2D eigenvalue weighted by atomic mass is 19.1. The first kappa shape index (κ1) is 20.2. The Hall–Kier alpha value is -3.06. The molecule has 2 aromatic rings. The highest BCUT2D eigenvalue weighted by Gasteiger charge is 2.38. The molecule has 2 aromatic heterocycles. The number of hydrogen-bond donors (Lipinski definition) is 2. The van der Waals surface area contributed by atoms with Crippen molar-refractivity contribution in [1.29, 1.82) is 0 Å². The normalized spacial score (nSPS) is 18.2. The molecule has 0 amide bonds.